The first-order valence-electron chi connectivity index (χ1n) is 7.16. The first kappa shape index (κ1) is 18.0. The highest BCUT2D eigenvalue weighted by Gasteiger charge is 2.22. The van der Waals surface area contributed by atoms with E-state index in [-0.39, 0.29) is 16.4 Å². The summed E-state index contributed by atoms with van der Waals surface area (Å²) in [4.78, 5) is 21.8. The average Bonchev–Trinajstić information content (AvgIpc) is 2.81. The maximum absolute atomic E-state index is 14.2. The van der Waals surface area contributed by atoms with E-state index in [0.29, 0.717) is 44.7 Å². The van der Waals surface area contributed by atoms with Gasteiger partial charge in [0.1, 0.15) is 16.7 Å². The van der Waals surface area contributed by atoms with Gasteiger partial charge in [-0.3, -0.25) is 19.6 Å². The number of phenols is 1. The zero-order chi connectivity index (χ0) is 17.7. The first-order valence-corrected chi connectivity index (χ1v) is 7.54. The second kappa shape index (κ2) is 7.98. The normalized spacial score (nSPS) is 16.3. The fourth-order valence-corrected chi connectivity index (χ4v) is 2.60. The van der Waals surface area contributed by atoms with Crippen molar-refractivity contribution in [2.75, 3.05) is 31.6 Å². The number of allylic oxidation sites excluding steroid dienone is 1. The van der Waals surface area contributed by atoms with E-state index < -0.39 is 11.6 Å². The average molecular weight is 358 g/mol. The molecule has 24 heavy (non-hydrogen) atoms. The van der Waals surface area contributed by atoms with Crippen LogP contribution in [0.3, 0.4) is 0 Å². The standard InChI is InChI=1S/C15H17ClFN3O4/c1-10(11-6-13(18-8-21)14(23)7-12(11)17)15(16)20-3-5-24-4-2-19(20)9-22/h6-9,23H,2-5H2,1H3,(H,18,21)/b15-10+. The Kier molecular flexibility index (Phi) is 5.99. The molecule has 0 atom stereocenters. The van der Waals surface area contributed by atoms with Gasteiger partial charge >= 0.3 is 0 Å². The summed E-state index contributed by atoms with van der Waals surface area (Å²) in [6.45, 7) is 2.97. The van der Waals surface area contributed by atoms with Crippen molar-refractivity contribution >= 4 is 35.7 Å². The molecule has 1 fully saturated rings. The van der Waals surface area contributed by atoms with E-state index >= 15 is 0 Å². The molecule has 130 valence electrons. The zero-order valence-corrected chi connectivity index (χ0v) is 13.7. The number of aromatic hydroxyl groups is 1. The molecular weight excluding hydrogens is 341 g/mol. The van der Waals surface area contributed by atoms with Crippen molar-refractivity contribution in [3.63, 3.8) is 0 Å². The summed E-state index contributed by atoms with van der Waals surface area (Å²) in [6, 6.07) is 2.16. The molecular formula is C15H17ClFN3O4. The molecule has 0 unspecified atom stereocenters. The fraction of sp³-hybridized carbons (Fsp3) is 0.333. The van der Waals surface area contributed by atoms with Crippen LogP contribution in [0, 0.1) is 5.82 Å². The number of amides is 2. The molecule has 2 rings (SSSR count). The van der Waals surface area contributed by atoms with Crippen LogP contribution in [0.5, 0.6) is 5.75 Å². The van der Waals surface area contributed by atoms with E-state index in [4.69, 9.17) is 16.3 Å². The highest BCUT2D eigenvalue weighted by Crippen LogP contribution is 2.33. The molecule has 1 saturated heterocycles. The van der Waals surface area contributed by atoms with Crippen LogP contribution < -0.4 is 5.32 Å². The number of halogens is 2. The van der Waals surface area contributed by atoms with Gasteiger partial charge in [0, 0.05) is 11.6 Å². The van der Waals surface area contributed by atoms with Crippen molar-refractivity contribution in [3.05, 3.63) is 28.7 Å². The van der Waals surface area contributed by atoms with Gasteiger partial charge in [0.15, 0.2) is 0 Å². The molecule has 0 bridgehead atoms. The zero-order valence-electron chi connectivity index (χ0n) is 13.0. The Morgan fingerprint density at radius 3 is 2.75 bits per heavy atom. The van der Waals surface area contributed by atoms with Crippen LogP contribution in [0.1, 0.15) is 12.5 Å². The fourth-order valence-electron chi connectivity index (χ4n) is 2.31. The molecule has 1 heterocycles. The van der Waals surface area contributed by atoms with Gasteiger partial charge in [-0.25, -0.2) is 4.39 Å². The SMILES string of the molecule is C/C(=C(/Cl)N1CCOCCN1C=O)c1cc(NC=O)c(O)cc1F. The summed E-state index contributed by atoms with van der Waals surface area (Å²) >= 11 is 6.36. The van der Waals surface area contributed by atoms with Gasteiger partial charge < -0.3 is 15.2 Å². The van der Waals surface area contributed by atoms with Gasteiger partial charge in [0.25, 0.3) is 0 Å². The largest absolute Gasteiger partial charge is 0.506 e. The minimum absolute atomic E-state index is 0.0525. The second-order valence-corrected chi connectivity index (χ2v) is 5.39. The molecule has 7 nitrogen and oxygen atoms in total. The third kappa shape index (κ3) is 3.77. The molecule has 0 spiro atoms. The highest BCUT2D eigenvalue weighted by atomic mass is 35.5. The van der Waals surface area contributed by atoms with Gasteiger partial charge in [0.2, 0.25) is 12.8 Å². The molecule has 1 aliphatic rings. The van der Waals surface area contributed by atoms with Crippen molar-refractivity contribution in [2.24, 2.45) is 0 Å². The molecule has 0 aliphatic carbocycles. The summed E-state index contributed by atoms with van der Waals surface area (Å²) in [7, 11) is 0. The predicted octanol–water partition coefficient (Wildman–Crippen LogP) is 1.73. The number of carbonyl (C=O) groups is 2. The maximum Gasteiger partial charge on any atom is 0.228 e. The molecule has 1 aromatic rings. The lowest BCUT2D eigenvalue weighted by atomic mass is 10.1. The number of phenolic OH excluding ortho intramolecular Hbond substituents is 1. The molecule has 2 amide bonds. The van der Waals surface area contributed by atoms with Crippen LogP contribution in [0.4, 0.5) is 10.1 Å². The van der Waals surface area contributed by atoms with E-state index in [9.17, 15) is 19.1 Å². The monoisotopic (exact) mass is 357 g/mol. The van der Waals surface area contributed by atoms with Crippen LogP contribution in [-0.4, -0.2) is 54.2 Å². The number of nitrogens with one attached hydrogen (secondary N) is 1. The minimum atomic E-state index is -0.705. The van der Waals surface area contributed by atoms with Crippen molar-refractivity contribution in [1.82, 2.24) is 10.0 Å². The summed E-state index contributed by atoms with van der Waals surface area (Å²) in [5, 5.41) is 14.9. The van der Waals surface area contributed by atoms with E-state index in [1.54, 1.807) is 6.92 Å². The smallest absolute Gasteiger partial charge is 0.228 e. The van der Waals surface area contributed by atoms with Gasteiger partial charge in [-0.15, -0.1) is 0 Å². The second-order valence-electron chi connectivity index (χ2n) is 5.03. The lowest BCUT2D eigenvalue weighted by Crippen LogP contribution is -2.41. The number of hydrazine groups is 1. The topological polar surface area (TPSA) is 82.1 Å². The Morgan fingerprint density at radius 2 is 2.08 bits per heavy atom. The first-order chi connectivity index (χ1) is 11.5. The molecule has 1 aromatic carbocycles. The molecule has 2 N–H and O–H groups in total. The summed E-state index contributed by atoms with van der Waals surface area (Å²) in [6.07, 6.45) is 0.995. The van der Waals surface area contributed by atoms with Crippen molar-refractivity contribution in [1.29, 1.82) is 0 Å². The highest BCUT2D eigenvalue weighted by molar-refractivity contribution is 6.32. The van der Waals surface area contributed by atoms with Crippen molar-refractivity contribution in [3.8, 4) is 5.75 Å². The number of hydrogen-bond donors (Lipinski definition) is 2. The van der Waals surface area contributed by atoms with E-state index in [2.05, 4.69) is 5.32 Å². The van der Waals surface area contributed by atoms with Crippen LogP contribution in [0.2, 0.25) is 0 Å². The molecule has 1 aliphatic heterocycles. The van der Waals surface area contributed by atoms with E-state index in [1.165, 1.54) is 16.1 Å². The maximum atomic E-state index is 14.2. The third-order valence-electron chi connectivity index (χ3n) is 3.58. The third-order valence-corrected chi connectivity index (χ3v) is 4.06. The van der Waals surface area contributed by atoms with Gasteiger partial charge in [-0.2, -0.15) is 0 Å². The Balaban J connectivity index is 2.45. The molecule has 0 saturated carbocycles. The Labute approximate surface area is 143 Å². The van der Waals surface area contributed by atoms with Gasteiger partial charge in [-0.05, 0) is 18.6 Å². The van der Waals surface area contributed by atoms with Gasteiger partial charge in [-0.1, -0.05) is 11.6 Å². The van der Waals surface area contributed by atoms with Gasteiger partial charge in [0.05, 0.1) is 32.0 Å². The number of anilines is 1. The number of rotatable bonds is 5. The summed E-state index contributed by atoms with van der Waals surface area (Å²) < 4.78 is 19.5. The van der Waals surface area contributed by atoms with E-state index in [1.807, 2.05) is 0 Å². The lowest BCUT2D eigenvalue weighted by molar-refractivity contribution is -0.129. The number of nitrogens with zero attached hydrogens (tertiary/aromatic N) is 2. The van der Waals surface area contributed by atoms with Crippen LogP contribution >= 0.6 is 11.6 Å². The molecule has 9 heteroatoms. The van der Waals surface area contributed by atoms with Crippen LogP contribution in [0.25, 0.3) is 5.57 Å². The van der Waals surface area contributed by atoms with E-state index in [0.717, 1.165) is 6.07 Å². The van der Waals surface area contributed by atoms with Crippen LogP contribution in [-0.2, 0) is 14.3 Å². The van der Waals surface area contributed by atoms with Crippen molar-refractivity contribution in [2.45, 2.75) is 6.92 Å². The van der Waals surface area contributed by atoms with Crippen LogP contribution in [0.15, 0.2) is 17.3 Å². The number of ether oxygens (including phenoxy) is 1. The number of carbonyl (C=O) groups excluding carboxylic acids is 2. The predicted molar refractivity (Wildman–Crippen MR) is 86.5 cm³/mol. The molecule has 0 aromatic heterocycles. The Morgan fingerprint density at radius 1 is 1.38 bits per heavy atom. The minimum Gasteiger partial charge on any atom is -0.506 e. The van der Waals surface area contributed by atoms with Crippen molar-refractivity contribution < 1.29 is 23.8 Å². The Bertz CT molecular complexity index is 668. The summed E-state index contributed by atoms with van der Waals surface area (Å²) in [5.74, 6) is -1.10. The Hall–Kier alpha value is -2.32. The lowest BCUT2D eigenvalue weighted by Gasteiger charge is -2.31. The summed E-state index contributed by atoms with van der Waals surface area (Å²) in [5.41, 5.74) is 0.492. The quantitative estimate of drug-likeness (QED) is 0.476. The number of hydrogen-bond acceptors (Lipinski definition) is 5. The number of benzene rings is 1. The molecule has 0 radical (unpaired) electrons.